The average molecular weight is 345 g/mol. The summed E-state index contributed by atoms with van der Waals surface area (Å²) >= 11 is 0. The van der Waals surface area contributed by atoms with Crippen LogP contribution in [0.5, 0.6) is 0 Å². The van der Waals surface area contributed by atoms with Crippen LogP contribution in [0.3, 0.4) is 0 Å². The lowest BCUT2D eigenvalue weighted by Crippen LogP contribution is -2.17. The van der Waals surface area contributed by atoms with Crippen molar-refractivity contribution in [1.82, 2.24) is 15.0 Å². The second-order valence-corrected chi connectivity index (χ2v) is 6.36. The summed E-state index contributed by atoms with van der Waals surface area (Å²) < 4.78 is 0. The monoisotopic (exact) mass is 345 g/mol. The molecule has 0 unspecified atom stereocenters. The average Bonchev–Trinajstić information content (AvgIpc) is 3.08. The zero-order chi connectivity index (χ0) is 18.1. The smallest absolute Gasteiger partial charge is 0.259 e. The van der Waals surface area contributed by atoms with Crippen LogP contribution >= 0.6 is 0 Å². The predicted molar refractivity (Wildman–Crippen MR) is 100 cm³/mol. The van der Waals surface area contributed by atoms with Crippen molar-refractivity contribution < 1.29 is 4.79 Å². The van der Waals surface area contributed by atoms with Crippen LogP contribution in [-0.4, -0.2) is 20.9 Å². The minimum atomic E-state index is -0.188. The minimum Gasteiger partial charge on any atom is -0.348 e. The fourth-order valence-electron chi connectivity index (χ4n) is 3.24. The van der Waals surface area contributed by atoms with Gasteiger partial charge in [-0.2, -0.15) is 0 Å². The summed E-state index contributed by atoms with van der Waals surface area (Å²) in [7, 11) is 0. The van der Waals surface area contributed by atoms with Gasteiger partial charge >= 0.3 is 0 Å². The van der Waals surface area contributed by atoms with Crippen LogP contribution in [0.2, 0.25) is 0 Å². The fourth-order valence-corrected chi connectivity index (χ4v) is 3.24. The summed E-state index contributed by atoms with van der Waals surface area (Å²) in [5.41, 5.74) is 4.32. The van der Waals surface area contributed by atoms with Crippen molar-refractivity contribution in [3.63, 3.8) is 0 Å². The van der Waals surface area contributed by atoms with Crippen LogP contribution in [0.1, 0.15) is 33.0 Å². The molecule has 2 aromatic heterocycles. The number of amides is 1. The Labute approximate surface area is 151 Å². The number of carbonyl (C=O) groups excluding carboxylic acids is 1. The number of aryl methyl sites for hydroxylation is 2. The van der Waals surface area contributed by atoms with E-state index in [-0.39, 0.29) is 5.91 Å². The summed E-state index contributed by atoms with van der Waals surface area (Å²) in [6.07, 6.45) is 3.37. The lowest BCUT2D eigenvalue weighted by molar-refractivity contribution is 0.102. The van der Waals surface area contributed by atoms with E-state index in [2.05, 4.69) is 31.2 Å². The number of nitrogens with one attached hydrogen (secondary N) is 1. The second kappa shape index (κ2) is 6.55. The number of rotatable bonds is 3. The highest BCUT2D eigenvalue weighted by Gasteiger charge is 2.23. The van der Waals surface area contributed by atoms with Gasteiger partial charge in [0.2, 0.25) is 0 Å². The molecule has 130 valence electrons. The molecule has 0 saturated heterocycles. The van der Waals surface area contributed by atoms with E-state index in [9.17, 15) is 4.79 Å². The van der Waals surface area contributed by atoms with Gasteiger partial charge in [-0.25, -0.2) is 15.0 Å². The third-order valence-corrected chi connectivity index (χ3v) is 4.55. The Hall–Kier alpha value is -3.28. The molecule has 1 aromatic carbocycles. The molecule has 0 atom stereocenters. The van der Waals surface area contributed by atoms with E-state index < -0.39 is 0 Å². The molecule has 0 radical (unpaired) electrons. The van der Waals surface area contributed by atoms with E-state index in [4.69, 9.17) is 0 Å². The molecule has 1 aliphatic heterocycles. The number of hydrogen-bond acceptors (Lipinski definition) is 5. The number of fused-ring (bicyclic) bond motifs is 1. The van der Waals surface area contributed by atoms with E-state index in [1.54, 1.807) is 12.4 Å². The van der Waals surface area contributed by atoms with Crippen LogP contribution in [-0.2, 0) is 13.1 Å². The highest BCUT2D eigenvalue weighted by atomic mass is 16.1. The Morgan fingerprint density at radius 1 is 1.08 bits per heavy atom. The Morgan fingerprint density at radius 3 is 2.73 bits per heavy atom. The van der Waals surface area contributed by atoms with Crippen LogP contribution in [0.25, 0.3) is 0 Å². The Morgan fingerprint density at radius 2 is 1.96 bits per heavy atom. The molecular formula is C20H19N5O. The molecule has 0 fully saturated rings. The number of anilines is 2. The third-order valence-electron chi connectivity index (χ3n) is 4.55. The molecule has 3 heterocycles. The zero-order valence-corrected chi connectivity index (χ0v) is 14.7. The molecule has 1 aliphatic rings. The number of nitrogens with zero attached hydrogens (tertiary/aromatic N) is 4. The van der Waals surface area contributed by atoms with Crippen molar-refractivity contribution in [3.8, 4) is 0 Å². The number of hydrogen-bond donors (Lipinski definition) is 1. The largest absolute Gasteiger partial charge is 0.348 e. The van der Waals surface area contributed by atoms with E-state index in [0.717, 1.165) is 23.6 Å². The van der Waals surface area contributed by atoms with Crippen molar-refractivity contribution >= 4 is 17.4 Å². The quantitative estimate of drug-likeness (QED) is 0.789. The molecular weight excluding hydrogens is 326 g/mol. The third kappa shape index (κ3) is 3.01. The molecule has 4 rings (SSSR count). The second-order valence-electron chi connectivity index (χ2n) is 6.36. The first-order valence-corrected chi connectivity index (χ1v) is 8.50. The number of pyridine rings is 1. The first-order chi connectivity index (χ1) is 12.6. The SMILES string of the molecule is Cc1ncc(C(=O)Nc2cccc3c2CN(c2ccccn2)C3)c(C)n1. The molecule has 0 aliphatic carbocycles. The van der Waals surface area contributed by atoms with Gasteiger partial charge in [-0.1, -0.05) is 18.2 Å². The van der Waals surface area contributed by atoms with E-state index >= 15 is 0 Å². The van der Waals surface area contributed by atoms with Gasteiger partial charge in [0.1, 0.15) is 11.6 Å². The molecule has 0 spiro atoms. The molecule has 3 aromatic rings. The normalized spacial score (nSPS) is 12.8. The van der Waals surface area contributed by atoms with Gasteiger partial charge in [0.15, 0.2) is 0 Å². The fraction of sp³-hybridized carbons (Fsp3) is 0.200. The topological polar surface area (TPSA) is 71.0 Å². The van der Waals surface area contributed by atoms with Gasteiger partial charge in [0.05, 0.1) is 11.3 Å². The maximum absolute atomic E-state index is 12.7. The van der Waals surface area contributed by atoms with Gasteiger partial charge in [0.25, 0.3) is 5.91 Å². The van der Waals surface area contributed by atoms with Gasteiger partial charge in [-0.15, -0.1) is 0 Å². The molecule has 0 bridgehead atoms. The van der Waals surface area contributed by atoms with Crippen molar-refractivity contribution in [2.45, 2.75) is 26.9 Å². The Balaban J connectivity index is 1.59. The Bertz CT molecular complexity index is 971. The number of carbonyl (C=O) groups is 1. The molecule has 0 saturated carbocycles. The van der Waals surface area contributed by atoms with Crippen molar-refractivity contribution in [3.05, 3.63) is 77.0 Å². The standard InChI is InChI=1S/C20H19N5O/c1-13-16(10-22-14(2)23-13)20(26)24-18-7-5-6-15-11-25(12-17(15)18)19-8-3-4-9-21-19/h3-10H,11-12H2,1-2H3,(H,24,26). The van der Waals surface area contributed by atoms with E-state index in [1.807, 2.05) is 44.2 Å². The highest BCUT2D eigenvalue weighted by molar-refractivity contribution is 6.05. The summed E-state index contributed by atoms with van der Waals surface area (Å²) in [6, 6.07) is 11.9. The van der Waals surface area contributed by atoms with Crippen LogP contribution in [0, 0.1) is 13.8 Å². The molecule has 6 nitrogen and oxygen atoms in total. The van der Waals surface area contributed by atoms with Gasteiger partial charge in [-0.05, 0) is 43.2 Å². The summed E-state index contributed by atoms with van der Waals surface area (Å²) in [5, 5.41) is 3.02. The molecule has 1 amide bonds. The van der Waals surface area contributed by atoms with E-state index in [0.29, 0.717) is 23.6 Å². The summed E-state index contributed by atoms with van der Waals surface area (Å²) in [4.78, 5) is 27.7. The summed E-state index contributed by atoms with van der Waals surface area (Å²) in [6.45, 7) is 5.13. The molecule has 26 heavy (non-hydrogen) atoms. The molecule has 6 heteroatoms. The van der Waals surface area contributed by atoms with Gasteiger partial charge in [0, 0.05) is 31.2 Å². The maximum atomic E-state index is 12.7. The first-order valence-electron chi connectivity index (χ1n) is 8.50. The maximum Gasteiger partial charge on any atom is 0.259 e. The Kier molecular flexibility index (Phi) is 4.08. The lowest BCUT2D eigenvalue weighted by atomic mass is 10.1. The molecule has 1 N–H and O–H groups in total. The highest BCUT2D eigenvalue weighted by Crippen LogP contribution is 2.32. The van der Waals surface area contributed by atoms with Crippen LogP contribution in [0.4, 0.5) is 11.5 Å². The van der Waals surface area contributed by atoms with Crippen molar-refractivity contribution in [2.75, 3.05) is 10.2 Å². The van der Waals surface area contributed by atoms with Crippen molar-refractivity contribution in [1.29, 1.82) is 0 Å². The lowest BCUT2D eigenvalue weighted by Gasteiger charge is -2.16. The minimum absolute atomic E-state index is 0.188. The van der Waals surface area contributed by atoms with Crippen LogP contribution in [0.15, 0.2) is 48.8 Å². The first kappa shape index (κ1) is 16.2. The van der Waals surface area contributed by atoms with Crippen LogP contribution < -0.4 is 10.2 Å². The summed E-state index contributed by atoms with van der Waals surface area (Å²) in [5.74, 6) is 1.40. The van der Waals surface area contributed by atoms with Crippen molar-refractivity contribution in [2.24, 2.45) is 0 Å². The number of aromatic nitrogens is 3. The number of benzene rings is 1. The van der Waals surface area contributed by atoms with E-state index in [1.165, 1.54) is 5.56 Å². The van der Waals surface area contributed by atoms with Gasteiger partial charge < -0.3 is 10.2 Å². The predicted octanol–water partition coefficient (Wildman–Crippen LogP) is 3.26. The van der Waals surface area contributed by atoms with Gasteiger partial charge in [-0.3, -0.25) is 4.79 Å². The zero-order valence-electron chi connectivity index (χ0n) is 14.7.